The number of carbonyl (C=O) groups excluding carboxylic acids is 2. The Morgan fingerprint density at radius 1 is 1.31 bits per heavy atom. The fourth-order valence-corrected chi connectivity index (χ4v) is 4.03. The van der Waals surface area contributed by atoms with Crippen LogP contribution in [0, 0.1) is 0 Å². The third-order valence-corrected chi connectivity index (χ3v) is 5.98. The van der Waals surface area contributed by atoms with E-state index >= 15 is 0 Å². The fraction of sp³-hybridized carbons (Fsp3) is 0.320. The molecule has 1 saturated heterocycles. The topological polar surface area (TPSA) is 102 Å². The van der Waals surface area contributed by atoms with Crippen molar-refractivity contribution in [1.29, 1.82) is 0 Å². The van der Waals surface area contributed by atoms with Crippen LogP contribution in [0.3, 0.4) is 0 Å². The largest absolute Gasteiger partial charge is 0.564 e. The van der Waals surface area contributed by atoms with Crippen molar-refractivity contribution in [3.63, 3.8) is 0 Å². The van der Waals surface area contributed by atoms with E-state index in [1.165, 1.54) is 16.2 Å². The lowest BCUT2D eigenvalue weighted by atomic mass is 10.0. The van der Waals surface area contributed by atoms with Gasteiger partial charge in [-0.3, -0.25) is 14.6 Å². The second-order valence-corrected chi connectivity index (χ2v) is 8.31. The van der Waals surface area contributed by atoms with Crippen molar-refractivity contribution in [3.05, 3.63) is 72.1 Å². The highest BCUT2D eigenvalue weighted by atomic mass is 16.7. The van der Waals surface area contributed by atoms with Gasteiger partial charge in [0, 0.05) is 6.07 Å². The first-order chi connectivity index (χ1) is 17.4. The quantitative estimate of drug-likeness (QED) is 0.381. The molecule has 1 aromatic carbocycles. The number of rotatable bonds is 11. The molecule has 2 atom stereocenters. The maximum absolute atomic E-state index is 13.0. The number of hydrogen-bond donors (Lipinski definition) is 1. The SMILES string of the molecule is [B]Oc1cnc(CNC(=O)[C@@H]2C=C(C)[C@H]3CN2C(=O)N3OCC=C)cc1OCc1ccc(OC)cc1. The highest BCUT2D eigenvalue weighted by molar-refractivity contribution is 6.00. The predicted octanol–water partition coefficient (Wildman–Crippen LogP) is 2.30. The second-order valence-electron chi connectivity index (χ2n) is 8.31. The Bertz CT molecular complexity index is 1160. The fourth-order valence-electron chi connectivity index (χ4n) is 4.03. The van der Waals surface area contributed by atoms with Gasteiger partial charge in [0.05, 0.1) is 44.7 Å². The Hall–Kier alpha value is -3.99. The minimum atomic E-state index is -0.747. The number of hydroxylamine groups is 2. The lowest BCUT2D eigenvalue weighted by Crippen LogP contribution is -2.48. The Balaban J connectivity index is 1.39. The van der Waals surface area contributed by atoms with Crippen molar-refractivity contribution in [1.82, 2.24) is 20.3 Å². The highest BCUT2D eigenvalue weighted by Gasteiger charge is 2.47. The molecule has 186 valence electrons. The Kier molecular flexibility index (Phi) is 7.79. The van der Waals surface area contributed by atoms with E-state index in [2.05, 4.69) is 16.9 Å². The maximum Gasteiger partial charge on any atom is 0.374 e. The number of aromatic nitrogens is 1. The molecule has 0 spiro atoms. The van der Waals surface area contributed by atoms with Crippen molar-refractivity contribution in [2.75, 3.05) is 20.3 Å². The molecular weight excluding hydrogens is 463 g/mol. The van der Waals surface area contributed by atoms with Gasteiger partial charge in [-0.2, -0.15) is 5.06 Å². The Morgan fingerprint density at radius 2 is 2.08 bits per heavy atom. The highest BCUT2D eigenvalue weighted by Crippen LogP contribution is 2.30. The molecule has 11 heteroatoms. The van der Waals surface area contributed by atoms with E-state index in [-0.39, 0.29) is 43.5 Å². The molecule has 1 fully saturated rings. The van der Waals surface area contributed by atoms with Crippen molar-refractivity contribution in [2.45, 2.75) is 32.2 Å². The minimum Gasteiger partial charge on any atom is -0.564 e. The first kappa shape index (κ1) is 25.1. The van der Waals surface area contributed by atoms with E-state index in [0.29, 0.717) is 18.0 Å². The number of carbonyl (C=O) groups is 2. The summed E-state index contributed by atoms with van der Waals surface area (Å²) in [6.07, 6.45) is 4.77. The van der Waals surface area contributed by atoms with Gasteiger partial charge < -0.3 is 24.3 Å². The second kappa shape index (κ2) is 11.2. The normalized spacial score (nSPS) is 18.5. The Morgan fingerprint density at radius 3 is 2.78 bits per heavy atom. The van der Waals surface area contributed by atoms with Crippen LogP contribution in [0.4, 0.5) is 4.79 Å². The van der Waals surface area contributed by atoms with E-state index in [1.54, 1.807) is 25.3 Å². The van der Waals surface area contributed by atoms with Gasteiger partial charge >= 0.3 is 14.1 Å². The van der Waals surface area contributed by atoms with Crippen molar-refractivity contribution >= 4 is 20.0 Å². The summed E-state index contributed by atoms with van der Waals surface area (Å²) in [5.41, 5.74) is 2.34. The van der Waals surface area contributed by atoms with Crippen LogP contribution < -0.4 is 19.4 Å². The smallest absolute Gasteiger partial charge is 0.374 e. The predicted molar refractivity (Wildman–Crippen MR) is 131 cm³/mol. The van der Waals surface area contributed by atoms with Crippen LogP contribution in [-0.4, -0.2) is 67.3 Å². The summed E-state index contributed by atoms with van der Waals surface area (Å²) in [5, 5.41) is 4.15. The molecular formula is C25H27BN4O6. The summed E-state index contributed by atoms with van der Waals surface area (Å²) in [4.78, 5) is 37.1. The first-order valence-corrected chi connectivity index (χ1v) is 11.4. The van der Waals surface area contributed by atoms with E-state index in [0.717, 1.165) is 16.9 Å². The van der Waals surface area contributed by atoms with Crippen molar-refractivity contribution in [3.8, 4) is 17.2 Å². The summed E-state index contributed by atoms with van der Waals surface area (Å²) < 4.78 is 15.9. The molecule has 2 aromatic rings. The van der Waals surface area contributed by atoms with Crippen LogP contribution in [0.1, 0.15) is 18.2 Å². The van der Waals surface area contributed by atoms with Crippen LogP contribution in [0.25, 0.3) is 0 Å². The zero-order valence-corrected chi connectivity index (χ0v) is 20.2. The third-order valence-electron chi connectivity index (χ3n) is 5.98. The summed E-state index contributed by atoms with van der Waals surface area (Å²) in [6, 6.07) is 7.77. The van der Waals surface area contributed by atoms with Gasteiger partial charge in [0.15, 0.2) is 11.5 Å². The van der Waals surface area contributed by atoms with E-state index < -0.39 is 6.04 Å². The van der Waals surface area contributed by atoms with Crippen molar-refractivity contribution in [2.24, 2.45) is 0 Å². The zero-order chi connectivity index (χ0) is 25.7. The molecule has 0 saturated carbocycles. The molecule has 1 N–H and O–H groups in total. The van der Waals surface area contributed by atoms with Crippen LogP contribution in [0.2, 0.25) is 0 Å². The molecule has 2 aliphatic rings. The number of amides is 3. The number of hydrogen-bond acceptors (Lipinski definition) is 7. The summed E-state index contributed by atoms with van der Waals surface area (Å²) in [5.74, 6) is 1.07. The third kappa shape index (κ3) is 5.31. The van der Waals surface area contributed by atoms with Crippen LogP contribution in [0.5, 0.6) is 17.2 Å². The maximum atomic E-state index is 13.0. The molecule has 3 amide bonds. The monoisotopic (exact) mass is 490 g/mol. The average Bonchev–Trinajstić information content (AvgIpc) is 3.19. The number of benzene rings is 1. The van der Waals surface area contributed by atoms with Crippen molar-refractivity contribution < 1.29 is 28.6 Å². The molecule has 10 nitrogen and oxygen atoms in total. The number of methoxy groups -OCH3 is 1. The molecule has 3 heterocycles. The van der Waals surface area contributed by atoms with Gasteiger partial charge in [0.1, 0.15) is 18.4 Å². The Labute approximate surface area is 210 Å². The lowest BCUT2D eigenvalue weighted by molar-refractivity contribution is -0.124. The molecule has 36 heavy (non-hydrogen) atoms. The van der Waals surface area contributed by atoms with E-state index in [4.69, 9.17) is 27.0 Å². The molecule has 4 rings (SSSR count). The summed E-state index contributed by atoms with van der Waals surface area (Å²) >= 11 is 0. The average molecular weight is 490 g/mol. The standard InChI is InChI=1S/C25H27BN4O6/c1-4-9-35-30-21-14-29(25(30)32)20(10-16(21)2)24(31)28-12-18-11-22(23(36-26)13-27-18)34-15-17-5-7-19(33-3)8-6-17/h4-8,10-11,13,20-21H,1,9,12,14-15H2,2-3H3,(H,28,31)/t20-,21+/m0/s1. The number of fused-ring (bicyclic) bond motifs is 2. The number of urea groups is 1. The first-order valence-electron chi connectivity index (χ1n) is 11.4. The zero-order valence-electron chi connectivity index (χ0n) is 20.2. The molecule has 2 aliphatic heterocycles. The van der Waals surface area contributed by atoms with Gasteiger partial charge in [-0.05, 0) is 30.2 Å². The van der Waals surface area contributed by atoms with E-state index in [9.17, 15) is 9.59 Å². The molecule has 0 unspecified atom stereocenters. The number of pyridine rings is 1. The van der Waals surface area contributed by atoms with Gasteiger partial charge in [-0.15, -0.1) is 6.58 Å². The van der Waals surface area contributed by atoms with Gasteiger partial charge in [0.2, 0.25) is 5.91 Å². The van der Waals surface area contributed by atoms with Gasteiger partial charge in [-0.25, -0.2) is 4.79 Å². The number of ether oxygens (including phenoxy) is 2. The lowest BCUT2D eigenvalue weighted by Gasteiger charge is -2.27. The van der Waals surface area contributed by atoms with Crippen LogP contribution in [0.15, 0.2) is 60.8 Å². The van der Waals surface area contributed by atoms with Crippen LogP contribution in [-0.2, 0) is 22.8 Å². The molecule has 1 aromatic heterocycles. The summed E-state index contributed by atoms with van der Waals surface area (Å²) in [7, 11) is 6.96. The van der Waals surface area contributed by atoms with Gasteiger partial charge in [-0.1, -0.05) is 24.3 Å². The van der Waals surface area contributed by atoms with E-state index in [1.807, 2.05) is 31.2 Å². The minimum absolute atomic E-state index is 0.119. The number of nitrogens with one attached hydrogen (secondary N) is 1. The molecule has 2 radical (unpaired) electrons. The van der Waals surface area contributed by atoms with Gasteiger partial charge in [0.25, 0.3) is 0 Å². The van der Waals surface area contributed by atoms with Crippen LogP contribution >= 0.6 is 0 Å². The molecule has 0 aliphatic carbocycles. The summed E-state index contributed by atoms with van der Waals surface area (Å²) in [6.45, 7) is 6.46. The molecule has 2 bridgehead atoms. The number of nitrogens with zero attached hydrogens (tertiary/aromatic N) is 3.